The zero-order valence-corrected chi connectivity index (χ0v) is 17.1. The lowest BCUT2D eigenvalue weighted by molar-refractivity contribution is 0.154. The molecule has 5 heteroatoms. The van der Waals surface area contributed by atoms with Gasteiger partial charge in [0, 0.05) is 7.11 Å². The molecular weight excluding hydrogens is 366 g/mol. The highest BCUT2D eigenvalue weighted by Crippen LogP contribution is 2.22. The molecule has 0 spiro atoms. The van der Waals surface area contributed by atoms with Crippen LogP contribution in [0.15, 0.2) is 65.4 Å². The molecule has 0 fully saturated rings. The molecule has 0 aliphatic carbocycles. The molecule has 2 heterocycles. The van der Waals surface area contributed by atoms with Gasteiger partial charge in [0.1, 0.15) is 0 Å². The molecule has 2 aromatic heterocycles. The lowest BCUT2D eigenvalue weighted by Gasteiger charge is -2.19. The molecule has 0 unspecified atom stereocenters. The Morgan fingerprint density at radius 1 is 1.00 bits per heavy atom. The van der Waals surface area contributed by atoms with Crippen molar-refractivity contribution in [1.82, 2.24) is 9.13 Å². The zero-order valence-electron chi connectivity index (χ0n) is 16.3. The summed E-state index contributed by atoms with van der Waals surface area (Å²) in [4.78, 5) is 0. The second-order valence-corrected chi connectivity index (χ2v) is 7.98. The highest BCUT2D eigenvalue weighted by Gasteiger charge is 2.19. The van der Waals surface area contributed by atoms with Crippen molar-refractivity contribution in [2.24, 2.45) is 0 Å². The van der Waals surface area contributed by atoms with E-state index in [-0.39, 0.29) is 6.04 Å². The lowest BCUT2D eigenvalue weighted by Crippen LogP contribution is -2.31. The van der Waals surface area contributed by atoms with Crippen LogP contribution in [0.4, 0.5) is 0 Å². The molecule has 0 aliphatic rings. The Balaban J connectivity index is 1.79. The molecule has 0 saturated heterocycles. The number of ether oxygens (including phenoxy) is 1. The maximum absolute atomic E-state index is 8.96. The van der Waals surface area contributed by atoms with Gasteiger partial charge in [0.2, 0.25) is 5.62 Å². The number of hydrogen-bond acceptors (Lipinski definition) is 3. The van der Waals surface area contributed by atoms with Crippen LogP contribution in [-0.2, 0) is 17.7 Å². The van der Waals surface area contributed by atoms with E-state index in [0.29, 0.717) is 18.8 Å². The van der Waals surface area contributed by atoms with Crippen LogP contribution in [0.5, 0.6) is 0 Å². The number of hydrogen-bond donors (Lipinski definition) is 1. The molecule has 1 atom stereocenters. The quantitative estimate of drug-likeness (QED) is 0.484. The number of rotatable bonds is 7. The molecule has 0 bridgehead atoms. The van der Waals surface area contributed by atoms with Gasteiger partial charge in [0.15, 0.2) is 0 Å². The first-order valence-electron chi connectivity index (χ1n) is 9.47. The number of thiophene rings is 1. The van der Waals surface area contributed by atoms with Crippen LogP contribution in [-0.4, -0.2) is 22.9 Å². The van der Waals surface area contributed by atoms with Crippen molar-refractivity contribution in [2.45, 2.75) is 25.9 Å². The summed E-state index contributed by atoms with van der Waals surface area (Å²) < 4.78 is 9.78. The van der Waals surface area contributed by atoms with E-state index in [9.17, 15) is 0 Å². The number of imidazole rings is 1. The monoisotopic (exact) mass is 391 g/mol. The Bertz CT molecular complexity index is 1110. The van der Waals surface area contributed by atoms with Gasteiger partial charge in [-0.25, -0.2) is 0 Å². The van der Waals surface area contributed by atoms with Crippen molar-refractivity contribution >= 4 is 22.4 Å². The number of fused-ring (bicyclic) bond motifs is 1. The third kappa shape index (κ3) is 3.68. The van der Waals surface area contributed by atoms with E-state index >= 15 is 0 Å². The van der Waals surface area contributed by atoms with Crippen molar-refractivity contribution in [3.63, 3.8) is 0 Å². The van der Waals surface area contributed by atoms with Crippen LogP contribution in [0.2, 0.25) is 0 Å². The standard InChI is InChI=1S/C23H25N3OS/c1-17-7-9-18(10-8-17)13-20(15-27-2)26-22-6-4-3-5-21(22)25(23(26)24)14-19-11-12-28-16-19/h3-12,16,20,24H,13-15H2,1-2H3/t20-/m0/s1. The van der Waals surface area contributed by atoms with Crippen molar-refractivity contribution in [3.05, 3.63) is 87.7 Å². The molecule has 4 rings (SSSR count). The van der Waals surface area contributed by atoms with Gasteiger partial charge in [-0.05, 0) is 53.4 Å². The molecule has 2 aromatic carbocycles. The molecule has 144 valence electrons. The van der Waals surface area contributed by atoms with Gasteiger partial charge in [-0.1, -0.05) is 42.0 Å². The number of benzene rings is 2. The smallest absolute Gasteiger partial charge is 0.203 e. The number of aryl methyl sites for hydroxylation is 1. The van der Waals surface area contributed by atoms with Crippen LogP contribution in [0.1, 0.15) is 22.7 Å². The third-order valence-corrected chi connectivity index (χ3v) is 5.88. The summed E-state index contributed by atoms with van der Waals surface area (Å²) >= 11 is 1.69. The van der Waals surface area contributed by atoms with E-state index in [2.05, 4.69) is 69.3 Å². The van der Waals surface area contributed by atoms with Crippen molar-refractivity contribution in [1.29, 1.82) is 5.41 Å². The van der Waals surface area contributed by atoms with Gasteiger partial charge < -0.3 is 13.9 Å². The highest BCUT2D eigenvalue weighted by atomic mass is 32.1. The number of nitrogens with zero attached hydrogens (tertiary/aromatic N) is 2. The van der Waals surface area contributed by atoms with Crippen molar-refractivity contribution in [2.75, 3.05) is 13.7 Å². The maximum Gasteiger partial charge on any atom is 0.203 e. The fourth-order valence-electron chi connectivity index (χ4n) is 3.76. The fraction of sp³-hybridized carbons (Fsp3) is 0.261. The number of nitrogens with one attached hydrogen (secondary N) is 1. The first-order valence-corrected chi connectivity index (χ1v) is 10.4. The van der Waals surface area contributed by atoms with E-state index in [1.807, 2.05) is 12.1 Å². The molecule has 4 nitrogen and oxygen atoms in total. The van der Waals surface area contributed by atoms with Gasteiger partial charge in [-0.15, -0.1) is 0 Å². The molecule has 0 aliphatic heterocycles. The largest absolute Gasteiger partial charge is 0.383 e. The molecule has 1 N–H and O–H groups in total. The minimum atomic E-state index is 0.0637. The minimum absolute atomic E-state index is 0.0637. The molecular formula is C23H25N3OS. The maximum atomic E-state index is 8.96. The van der Waals surface area contributed by atoms with Crippen LogP contribution in [0, 0.1) is 12.3 Å². The predicted octanol–water partition coefficient (Wildman–Crippen LogP) is 4.77. The third-order valence-electron chi connectivity index (χ3n) is 5.15. The Hall–Kier alpha value is -2.63. The Morgan fingerprint density at radius 2 is 1.75 bits per heavy atom. The summed E-state index contributed by atoms with van der Waals surface area (Å²) in [6.07, 6.45) is 0.830. The average molecular weight is 392 g/mol. The van der Waals surface area contributed by atoms with E-state index in [0.717, 1.165) is 17.5 Å². The summed E-state index contributed by atoms with van der Waals surface area (Å²) in [6.45, 7) is 3.38. The fourth-order valence-corrected chi connectivity index (χ4v) is 4.42. The molecule has 4 aromatic rings. The predicted molar refractivity (Wildman–Crippen MR) is 115 cm³/mol. The van der Waals surface area contributed by atoms with Crippen molar-refractivity contribution in [3.8, 4) is 0 Å². The molecule has 28 heavy (non-hydrogen) atoms. The van der Waals surface area contributed by atoms with E-state index < -0.39 is 0 Å². The van der Waals surface area contributed by atoms with Gasteiger partial charge in [0.25, 0.3) is 0 Å². The van der Waals surface area contributed by atoms with Crippen LogP contribution in [0.3, 0.4) is 0 Å². The summed E-state index contributed by atoms with van der Waals surface area (Å²) in [5, 5.41) is 13.2. The summed E-state index contributed by atoms with van der Waals surface area (Å²) in [7, 11) is 1.73. The second kappa shape index (κ2) is 8.17. The van der Waals surface area contributed by atoms with Crippen LogP contribution in [0.25, 0.3) is 11.0 Å². The van der Waals surface area contributed by atoms with Crippen LogP contribution >= 0.6 is 11.3 Å². The summed E-state index contributed by atoms with van der Waals surface area (Å²) in [5.41, 5.74) is 6.43. The number of para-hydroxylation sites is 2. The van der Waals surface area contributed by atoms with Gasteiger partial charge >= 0.3 is 0 Å². The van der Waals surface area contributed by atoms with E-state index in [1.54, 1.807) is 18.4 Å². The first-order chi connectivity index (χ1) is 13.7. The normalized spacial score (nSPS) is 12.5. The number of aromatic nitrogens is 2. The topological polar surface area (TPSA) is 42.9 Å². The van der Waals surface area contributed by atoms with Crippen molar-refractivity contribution < 1.29 is 4.74 Å². The average Bonchev–Trinajstić information content (AvgIpc) is 3.31. The second-order valence-electron chi connectivity index (χ2n) is 7.20. The molecule has 0 saturated carbocycles. The summed E-state index contributed by atoms with van der Waals surface area (Å²) in [6, 6.07) is 19.1. The van der Waals surface area contributed by atoms with E-state index in [1.165, 1.54) is 16.7 Å². The number of methoxy groups -OCH3 is 1. The highest BCUT2D eigenvalue weighted by molar-refractivity contribution is 7.07. The van der Waals surface area contributed by atoms with Gasteiger partial charge in [0.05, 0.1) is 30.2 Å². The Morgan fingerprint density at radius 3 is 2.43 bits per heavy atom. The molecule has 0 radical (unpaired) electrons. The van der Waals surface area contributed by atoms with Gasteiger partial charge in [-0.3, -0.25) is 5.41 Å². The Kier molecular flexibility index (Phi) is 5.46. The first kappa shape index (κ1) is 18.7. The zero-order chi connectivity index (χ0) is 19.5. The molecule has 0 amide bonds. The SMILES string of the molecule is COC[C@H](Cc1ccc(C)cc1)n1c(=N)n(Cc2ccsc2)c2ccccc21. The Labute approximate surface area is 169 Å². The van der Waals surface area contributed by atoms with Gasteiger partial charge in [-0.2, -0.15) is 11.3 Å². The lowest BCUT2D eigenvalue weighted by atomic mass is 10.0. The van der Waals surface area contributed by atoms with Crippen LogP contribution < -0.4 is 5.62 Å². The van der Waals surface area contributed by atoms with E-state index in [4.69, 9.17) is 10.1 Å². The summed E-state index contributed by atoms with van der Waals surface area (Å²) in [5.74, 6) is 0. The minimum Gasteiger partial charge on any atom is -0.383 e.